The molecule has 2 N–H and O–H groups in total. The van der Waals surface area contributed by atoms with Crippen LogP contribution in [-0.4, -0.2) is 54.2 Å². The van der Waals surface area contributed by atoms with Crippen molar-refractivity contribution in [3.05, 3.63) is 0 Å². The summed E-state index contributed by atoms with van der Waals surface area (Å²) in [6, 6.07) is -0.799. The van der Waals surface area contributed by atoms with E-state index in [1.54, 1.807) is 20.9 Å². The maximum absolute atomic E-state index is 11.7. The van der Waals surface area contributed by atoms with Crippen LogP contribution in [0.4, 0.5) is 4.79 Å². The molecule has 0 spiro atoms. The van der Waals surface area contributed by atoms with Crippen LogP contribution in [0.3, 0.4) is 0 Å². The smallest absolute Gasteiger partial charge is 0.317 e. The van der Waals surface area contributed by atoms with Crippen LogP contribution >= 0.6 is 0 Å². The largest absolute Gasteiger partial charge is 0.481 e. The number of ether oxygens (including phenoxy) is 1. The average molecular weight is 274 g/mol. The molecule has 2 amide bonds. The van der Waals surface area contributed by atoms with E-state index in [0.717, 1.165) is 0 Å². The molecule has 0 fully saturated rings. The van der Waals surface area contributed by atoms with E-state index in [1.165, 1.54) is 4.90 Å². The molecule has 0 saturated carbocycles. The zero-order valence-electron chi connectivity index (χ0n) is 11.6. The van der Waals surface area contributed by atoms with E-state index in [0.29, 0.717) is 13.0 Å². The summed E-state index contributed by atoms with van der Waals surface area (Å²) in [5, 5.41) is 11.3. The molecule has 0 aliphatic heterocycles. The molecule has 0 aliphatic rings. The molecule has 0 aliphatic carbocycles. The number of carboxylic acid groups (broad SMARTS) is 1. The van der Waals surface area contributed by atoms with Crippen molar-refractivity contribution in [1.82, 2.24) is 10.2 Å². The van der Waals surface area contributed by atoms with Crippen LogP contribution in [0.1, 0.15) is 33.1 Å². The summed E-state index contributed by atoms with van der Waals surface area (Å²) in [5.41, 5.74) is 0. The standard InChI is InChI=1S/C12H22N2O5/c1-4-9(8-10(15)16)13-12(18)14(3)7-6-11(17)19-5-2/h9H,4-8H2,1-3H3,(H,13,18)(H,15,16). The summed E-state index contributed by atoms with van der Waals surface area (Å²) in [6.07, 6.45) is 0.533. The minimum atomic E-state index is -0.957. The highest BCUT2D eigenvalue weighted by Crippen LogP contribution is 2.00. The Morgan fingerprint density at radius 1 is 1.32 bits per heavy atom. The summed E-state index contributed by atoms with van der Waals surface area (Å²) in [6.45, 7) is 4.05. The molecule has 0 radical (unpaired) electrons. The molecular weight excluding hydrogens is 252 g/mol. The number of carbonyl (C=O) groups excluding carboxylic acids is 2. The first-order valence-electron chi connectivity index (χ1n) is 6.29. The molecule has 0 aromatic carbocycles. The van der Waals surface area contributed by atoms with Gasteiger partial charge in [-0.15, -0.1) is 0 Å². The third kappa shape index (κ3) is 8.01. The summed E-state index contributed by atoms with van der Waals surface area (Å²) in [7, 11) is 1.54. The predicted molar refractivity (Wildman–Crippen MR) is 68.7 cm³/mol. The number of aliphatic carboxylic acids is 1. The topological polar surface area (TPSA) is 95.9 Å². The Morgan fingerprint density at radius 3 is 2.42 bits per heavy atom. The first kappa shape index (κ1) is 17.2. The van der Waals surface area contributed by atoms with Gasteiger partial charge in [0.25, 0.3) is 0 Å². The van der Waals surface area contributed by atoms with Crippen molar-refractivity contribution in [3.63, 3.8) is 0 Å². The molecule has 110 valence electrons. The highest BCUT2D eigenvalue weighted by molar-refractivity contribution is 5.76. The van der Waals surface area contributed by atoms with Crippen molar-refractivity contribution in [2.24, 2.45) is 0 Å². The van der Waals surface area contributed by atoms with Gasteiger partial charge in [0.2, 0.25) is 0 Å². The lowest BCUT2D eigenvalue weighted by atomic mass is 10.1. The summed E-state index contributed by atoms with van der Waals surface area (Å²) >= 11 is 0. The molecule has 0 rings (SSSR count). The Bertz CT molecular complexity index is 319. The van der Waals surface area contributed by atoms with Crippen LogP contribution in [0.5, 0.6) is 0 Å². The van der Waals surface area contributed by atoms with Crippen molar-refractivity contribution in [2.45, 2.75) is 39.2 Å². The highest BCUT2D eigenvalue weighted by atomic mass is 16.5. The van der Waals surface area contributed by atoms with E-state index in [2.05, 4.69) is 5.32 Å². The number of carboxylic acids is 1. The SMILES string of the molecule is CCOC(=O)CCN(C)C(=O)NC(CC)CC(=O)O. The van der Waals surface area contributed by atoms with Crippen LogP contribution in [0.15, 0.2) is 0 Å². The van der Waals surface area contributed by atoms with E-state index in [-0.39, 0.29) is 25.4 Å². The Balaban J connectivity index is 4.10. The van der Waals surface area contributed by atoms with Gasteiger partial charge in [-0.25, -0.2) is 4.79 Å². The van der Waals surface area contributed by atoms with Crippen molar-refractivity contribution in [3.8, 4) is 0 Å². The highest BCUT2D eigenvalue weighted by Gasteiger charge is 2.17. The Kier molecular flexibility index (Phi) is 8.32. The van der Waals surface area contributed by atoms with Crippen molar-refractivity contribution in [1.29, 1.82) is 0 Å². The second-order valence-corrected chi connectivity index (χ2v) is 4.13. The van der Waals surface area contributed by atoms with Crippen molar-refractivity contribution < 1.29 is 24.2 Å². The molecule has 0 aromatic heterocycles. The van der Waals surface area contributed by atoms with Gasteiger partial charge < -0.3 is 20.1 Å². The number of nitrogens with one attached hydrogen (secondary N) is 1. The fourth-order valence-electron chi connectivity index (χ4n) is 1.39. The second kappa shape index (κ2) is 9.18. The zero-order chi connectivity index (χ0) is 14.8. The Labute approximate surface area is 112 Å². The van der Waals surface area contributed by atoms with Gasteiger partial charge in [0.15, 0.2) is 0 Å². The van der Waals surface area contributed by atoms with Gasteiger partial charge in [-0.1, -0.05) is 6.92 Å². The normalized spacial score (nSPS) is 11.5. The van der Waals surface area contributed by atoms with Crippen LogP contribution in [0, 0.1) is 0 Å². The fourth-order valence-corrected chi connectivity index (χ4v) is 1.39. The molecule has 0 aromatic rings. The van der Waals surface area contributed by atoms with E-state index < -0.39 is 18.0 Å². The minimum absolute atomic E-state index is 0.117. The zero-order valence-corrected chi connectivity index (χ0v) is 11.6. The third-order valence-corrected chi connectivity index (χ3v) is 2.54. The number of nitrogens with zero attached hydrogens (tertiary/aromatic N) is 1. The molecule has 7 nitrogen and oxygen atoms in total. The van der Waals surface area contributed by atoms with Gasteiger partial charge in [0, 0.05) is 19.6 Å². The van der Waals surface area contributed by atoms with E-state index >= 15 is 0 Å². The Hall–Kier alpha value is -1.79. The van der Waals surface area contributed by atoms with E-state index in [4.69, 9.17) is 9.84 Å². The molecule has 19 heavy (non-hydrogen) atoms. The molecule has 0 saturated heterocycles. The summed E-state index contributed by atoms with van der Waals surface area (Å²) in [5.74, 6) is -1.32. The molecule has 1 unspecified atom stereocenters. The summed E-state index contributed by atoms with van der Waals surface area (Å²) < 4.78 is 4.75. The monoisotopic (exact) mass is 274 g/mol. The molecule has 0 heterocycles. The van der Waals surface area contributed by atoms with Crippen LogP contribution in [-0.2, 0) is 14.3 Å². The minimum Gasteiger partial charge on any atom is -0.481 e. The molecular formula is C12H22N2O5. The third-order valence-electron chi connectivity index (χ3n) is 2.54. The molecule has 1 atom stereocenters. The lowest BCUT2D eigenvalue weighted by Gasteiger charge is -2.21. The number of rotatable bonds is 8. The maximum atomic E-state index is 11.7. The number of hydrogen-bond acceptors (Lipinski definition) is 4. The van der Waals surface area contributed by atoms with Crippen molar-refractivity contribution >= 4 is 18.0 Å². The van der Waals surface area contributed by atoms with Crippen molar-refractivity contribution in [2.75, 3.05) is 20.2 Å². The maximum Gasteiger partial charge on any atom is 0.317 e. The molecule has 7 heteroatoms. The number of hydrogen-bond donors (Lipinski definition) is 2. The van der Waals surface area contributed by atoms with Gasteiger partial charge in [0.05, 0.1) is 19.4 Å². The fraction of sp³-hybridized carbons (Fsp3) is 0.750. The van der Waals surface area contributed by atoms with Crippen LogP contribution < -0.4 is 5.32 Å². The van der Waals surface area contributed by atoms with Gasteiger partial charge in [-0.2, -0.15) is 0 Å². The van der Waals surface area contributed by atoms with Crippen LogP contribution in [0.25, 0.3) is 0 Å². The predicted octanol–water partition coefficient (Wildman–Crippen LogP) is 0.834. The lowest BCUT2D eigenvalue weighted by Crippen LogP contribution is -2.44. The Morgan fingerprint density at radius 2 is 1.95 bits per heavy atom. The van der Waals surface area contributed by atoms with E-state index in [1.807, 2.05) is 0 Å². The summed E-state index contributed by atoms with van der Waals surface area (Å²) in [4.78, 5) is 34.8. The number of urea groups is 1. The average Bonchev–Trinajstić information content (AvgIpc) is 2.34. The first-order valence-corrected chi connectivity index (χ1v) is 6.29. The van der Waals surface area contributed by atoms with Crippen LogP contribution in [0.2, 0.25) is 0 Å². The quantitative estimate of drug-likeness (QED) is 0.639. The lowest BCUT2D eigenvalue weighted by molar-refractivity contribution is -0.143. The van der Waals surface area contributed by atoms with Gasteiger partial charge in [0.1, 0.15) is 0 Å². The number of amides is 2. The first-order chi connectivity index (χ1) is 8.90. The number of carbonyl (C=O) groups is 3. The van der Waals surface area contributed by atoms with Gasteiger partial charge in [-0.05, 0) is 13.3 Å². The van der Waals surface area contributed by atoms with Gasteiger partial charge >= 0.3 is 18.0 Å². The molecule has 0 bridgehead atoms. The number of esters is 1. The van der Waals surface area contributed by atoms with E-state index in [9.17, 15) is 14.4 Å². The second-order valence-electron chi connectivity index (χ2n) is 4.13. The van der Waals surface area contributed by atoms with Gasteiger partial charge in [-0.3, -0.25) is 9.59 Å².